The SMILES string of the molecule is CC1=NC(C)(C)[C@@H](C)c2c1ccc1ccccc21. The van der Waals surface area contributed by atoms with Gasteiger partial charge >= 0.3 is 0 Å². The van der Waals surface area contributed by atoms with Gasteiger partial charge in [0.25, 0.3) is 0 Å². The van der Waals surface area contributed by atoms with Crippen LogP contribution in [-0.2, 0) is 0 Å². The molecule has 0 fully saturated rings. The largest absolute Gasteiger partial charge is 0.283 e. The van der Waals surface area contributed by atoms with E-state index in [0.717, 1.165) is 0 Å². The maximum Gasteiger partial charge on any atom is 0.0621 e. The lowest BCUT2D eigenvalue weighted by Gasteiger charge is -2.35. The fourth-order valence-corrected chi connectivity index (χ4v) is 3.02. The molecule has 0 bridgehead atoms. The van der Waals surface area contributed by atoms with E-state index in [9.17, 15) is 0 Å². The van der Waals surface area contributed by atoms with E-state index >= 15 is 0 Å². The minimum absolute atomic E-state index is 0.0127. The highest BCUT2D eigenvalue weighted by Gasteiger charge is 2.33. The fraction of sp³-hybridized carbons (Fsp3) is 0.353. The van der Waals surface area contributed by atoms with Crippen molar-refractivity contribution < 1.29 is 0 Å². The summed E-state index contributed by atoms with van der Waals surface area (Å²) in [7, 11) is 0. The molecule has 2 aromatic carbocycles. The van der Waals surface area contributed by atoms with E-state index in [0.29, 0.717) is 5.92 Å². The predicted octanol–water partition coefficient (Wildman–Crippen LogP) is 4.54. The number of benzene rings is 2. The van der Waals surface area contributed by atoms with Gasteiger partial charge in [0.2, 0.25) is 0 Å². The van der Waals surface area contributed by atoms with Crippen molar-refractivity contribution in [2.24, 2.45) is 4.99 Å². The molecule has 1 heterocycles. The van der Waals surface area contributed by atoms with Crippen LogP contribution in [0.2, 0.25) is 0 Å². The van der Waals surface area contributed by atoms with Crippen molar-refractivity contribution >= 4 is 16.5 Å². The minimum Gasteiger partial charge on any atom is -0.283 e. The van der Waals surface area contributed by atoms with Crippen LogP contribution in [0.3, 0.4) is 0 Å². The molecule has 1 aliphatic rings. The van der Waals surface area contributed by atoms with Gasteiger partial charge in [-0.15, -0.1) is 0 Å². The maximum atomic E-state index is 4.86. The number of fused-ring (bicyclic) bond motifs is 3. The lowest BCUT2D eigenvalue weighted by atomic mass is 9.76. The van der Waals surface area contributed by atoms with Crippen LogP contribution < -0.4 is 0 Å². The van der Waals surface area contributed by atoms with Crippen LogP contribution >= 0.6 is 0 Å². The van der Waals surface area contributed by atoms with Gasteiger partial charge in [0.1, 0.15) is 0 Å². The van der Waals surface area contributed by atoms with Crippen LogP contribution in [0.1, 0.15) is 44.7 Å². The highest BCUT2D eigenvalue weighted by molar-refractivity contribution is 6.06. The van der Waals surface area contributed by atoms with Crippen molar-refractivity contribution in [3.05, 3.63) is 47.5 Å². The molecule has 18 heavy (non-hydrogen) atoms. The van der Waals surface area contributed by atoms with Gasteiger partial charge in [-0.3, -0.25) is 4.99 Å². The van der Waals surface area contributed by atoms with E-state index in [1.807, 2.05) is 0 Å². The van der Waals surface area contributed by atoms with Crippen molar-refractivity contribution in [3.63, 3.8) is 0 Å². The Morgan fingerprint density at radius 1 is 1.06 bits per heavy atom. The third-order valence-electron chi connectivity index (χ3n) is 4.31. The van der Waals surface area contributed by atoms with E-state index in [1.54, 1.807) is 0 Å². The molecule has 1 heteroatoms. The number of rotatable bonds is 0. The molecule has 0 aliphatic carbocycles. The Labute approximate surface area is 109 Å². The Bertz CT molecular complexity index is 650. The average molecular weight is 237 g/mol. The first kappa shape index (κ1) is 11.5. The number of hydrogen-bond acceptors (Lipinski definition) is 1. The number of aliphatic imine (C=N–C) groups is 1. The molecule has 0 N–H and O–H groups in total. The first-order valence-corrected chi connectivity index (χ1v) is 6.59. The molecule has 1 nitrogen and oxygen atoms in total. The maximum absolute atomic E-state index is 4.86. The number of hydrogen-bond donors (Lipinski definition) is 0. The van der Waals surface area contributed by atoms with Crippen molar-refractivity contribution in [1.82, 2.24) is 0 Å². The second kappa shape index (κ2) is 3.68. The molecule has 92 valence electrons. The third-order valence-corrected chi connectivity index (χ3v) is 4.31. The summed E-state index contributed by atoms with van der Waals surface area (Å²) in [6, 6.07) is 13.1. The summed E-state index contributed by atoms with van der Waals surface area (Å²) in [6.07, 6.45) is 0. The first-order chi connectivity index (χ1) is 8.50. The van der Waals surface area contributed by atoms with Gasteiger partial charge in [-0.1, -0.05) is 43.3 Å². The van der Waals surface area contributed by atoms with Gasteiger partial charge in [0.05, 0.1) is 5.54 Å². The summed E-state index contributed by atoms with van der Waals surface area (Å²) in [5.41, 5.74) is 3.94. The Kier molecular flexibility index (Phi) is 2.34. The standard InChI is InChI=1S/C17H19N/c1-11-16-14(12(2)18-17(11,3)4)10-9-13-7-5-6-8-15(13)16/h5-11H,1-4H3/t11-/m0/s1. The minimum atomic E-state index is -0.0127. The molecule has 0 amide bonds. The van der Waals surface area contributed by atoms with Gasteiger partial charge in [0, 0.05) is 11.6 Å². The fourth-order valence-electron chi connectivity index (χ4n) is 3.02. The summed E-state index contributed by atoms with van der Waals surface area (Å²) in [5.74, 6) is 0.447. The summed E-state index contributed by atoms with van der Waals surface area (Å²) < 4.78 is 0. The van der Waals surface area contributed by atoms with Crippen molar-refractivity contribution in [2.45, 2.75) is 39.2 Å². The second-order valence-corrected chi connectivity index (χ2v) is 5.82. The van der Waals surface area contributed by atoms with Crippen LogP contribution in [-0.4, -0.2) is 11.3 Å². The molecule has 0 saturated carbocycles. The van der Waals surface area contributed by atoms with Crippen molar-refractivity contribution in [1.29, 1.82) is 0 Å². The summed E-state index contributed by atoms with van der Waals surface area (Å²) in [5, 5.41) is 2.71. The van der Waals surface area contributed by atoms with Crippen LogP contribution in [0, 0.1) is 0 Å². The highest BCUT2D eigenvalue weighted by Crippen LogP contribution is 2.41. The molecule has 0 aromatic heterocycles. The lowest BCUT2D eigenvalue weighted by Crippen LogP contribution is -2.32. The lowest BCUT2D eigenvalue weighted by molar-refractivity contribution is 0.434. The molecule has 1 atom stereocenters. The smallest absolute Gasteiger partial charge is 0.0621 e. The zero-order chi connectivity index (χ0) is 12.9. The summed E-state index contributed by atoms with van der Waals surface area (Å²) in [4.78, 5) is 4.86. The quantitative estimate of drug-likeness (QED) is 0.637. The molecule has 0 radical (unpaired) electrons. The second-order valence-electron chi connectivity index (χ2n) is 5.82. The molecule has 3 rings (SSSR count). The van der Waals surface area contributed by atoms with E-state index in [1.165, 1.54) is 27.6 Å². The molecule has 0 spiro atoms. The molecular formula is C17H19N. The van der Waals surface area contributed by atoms with Gasteiger partial charge in [-0.2, -0.15) is 0 Å². The van der Waals surface area contributed by atoms with E-state index in [2.05, 4.69) is 64.1 Å². The molecule has 1 aliphatic heterocycles. The Hall–Kier alpha value is -1.63. The molecule has 2 aromatic rings. The van der Waals surface area contributed by atoms with Crippen molar-refractivity contribution in [3.8, 4) is 0 Å². The van der Waals surface area contributed by atoms with Crippen LogP contribution in [0.5, 0.6) is 0 Å². The first-order valence-electron chi connectivity index (χ1n) is 6.59. The third kappa shape index (κ3) is 1.50. The van der Waals surface area contributed by atoms with E-state index in [4.69, 9.17) is 4.99 Å². The Balaban J connectivity index is 2.41. The van der Waals surface area contributed by atoms with Crippen LogP contribution in [0.15, 0.2) is 41.4 Å². The Morgan fingerprint density at radius 3 is 2.56 bits per heavy atom. The van der Waals surface area contributed by atoms with Gasteiger partial charge < -0.3 is 0 Å². The zero-order valence-corrected chi connectivity index (χ0v) is 11.5. The van der Waals surface area contributed by atoms with Gasteiger partial charge in [-0.05, 0) is 42.7 Å². The van der Waals surface area contributed by atoms with E-state index in [-0.39, 0.29) is 5.54 Å². The van der Waals surface area contributed by atoms with Crippen LogP contribution in [0.4, 0.5) is 0 Å². The predicted molar refractivity (Wildman–Crippen MR) is 78.7 cm³/mol. The normalized spacial score (nSPS) is 21.6. The number of nitrogens with zero attached hydrogens (tertiary/aromatic N) is 1. The van der Waals surface area contributed by atoms with Gasteiger partial charge in [-0.25, -0.2) is 0 Å². The van der Waals surface area contributed by atoms with Crippen LogP contribution in [0.25, 0.3) is 10.8 Å². The summed E-state index contributed by atoms with van der Waals surface area (Å²) in [6.45, 7) is 8.88. The average Bonchev–Trinajstić information content (AvgIpc) is 2.34. The zero-order valence-electron chi connectivity index (χ0n) is 11.5. The molecular weight excluding hydrogens is 218 g/mol. The van der Waals surface area contributed by atoms with E-state index < -0.39 is 0 Å². The Morgan fingerprint density at radius 2 is 1.78 bits per heavy atom. The summed E-state index contributed by atoms with van der Waals surface area (Å²) >= 11 is 0. The van der Waals surface area contributed by atoms with Gasteiger partial charge in [0.15, 0.2) is 0 Å². The monoisotopic (exact) mass is 237 g/mol. The van der Waals surface area contributed by atoms with Crippen molar-refractivity contribution in [2.75, 3.05) is 0 Å². The topological polar surface area (TPSA) is 12.4 Å². The molecule has 0 saturated heterocycles. The highest BCUT2D eigenvalue weighted by atomic mass is 14.9. The molecule has 0 unspecified atom stereocenters.